The highest BCUT2D eigenvalue weighted by molar-refractivity contribution is 7.85. The Labute approximate surface area is 128 Å². The lowest BCUT2D eigenvalue weighted by atomic mass is 10.2. The molecule has 0 spiro atoms. The maximum Gasteiger partial charge on any atom is 0.435 e. The highest BCUT2D eigenvalue weighted by atomic mass is 32.2. The second-order valence-corrected chi connectivity index (χ2v) is 7.47. The maximum absolute atomic E-state index is 12.2. The van der Waals surface area contributed by atoms with Crippen LogP contribution in [0.2, 0.25) is 0 Å². The van der Waals surface area contributed by atoms with Gasteiger partial charge >= 0.3 is 6.09 Å². The summed E-state index contributed by atoms with van der Waals surface area (Å²) in [6.07, 6.45) is 0.328. The van der Waals surface area contributed by atoms with Crippen molar-refractivity contribution in [1.82, 2.24) is 9.78 Å². The molecule has 2 aromatic rings. The Kier molecular flexibility index (Phi) is 4.25. The average molecular weight is 326 g/mol. The molecule has 1 aromatic carbocycles. The summed E-state index contributed by atoms with van der Waals surface area (Å²) in [4.78, 5) is 12.2. The number of hydrogen-bond acceptors (Lipinski definition) is 6. The predicted octanol–water partition coefficient (Wildman–Crippen LogP) is 2.30. The van der Waals surface area contributed by atoms with Crippen LogP contribution in [-0.4, -0.2) is 36.1 Å². The first-order valence-electron chi connectivity index (χ1n) is 6.61. The van der Waals surface area contributed by atoms with Crippen molar-refractivity contribution in [3.63, 3.8) is 0 Å². The van der Waals surface area contributed by atoms with E-state index in [1.807, 2.05) is 0 Å². The van der Waals surface area contributed by atoms with Gasteiger partial charge in [-0.3, -0.25) is 4.18 Å². The van der Waals surface area contributed by atoms with Crippen LogP contribution in [0.4, 0.5) is 4.79 Å². The molecule has 120 valence electrons. The molecular formula is C14H18N2O5S. The van der Waals surface area contributed by atoms with Crippen molar-refractivity contribution in [2.24, 2.45) is 0 Å². The first-order valence-corrected chi connectivity index (χ1v) is 8.43. The molecule has 0 aliphatic carbocycles. The Morgan fingerprint density at radius 1 is 1.27 bits per heavy atom. The van der Waals surface area contributed by atoms with Crippen LogP contribution in [0.5, 0.6) is 0 Å². The average Bonchev–Trinajstić information content (AvgIpc) is 2.72. The van der Waals surface area contributed by atoms with E-state index in [9.17, 15) is 13.2 Å². The quantitative estimate of drug-likeness (QED) is 0.804. The Morgan fingerprint density at radius 2 is 1.91 bits per heavy atom. The zero-order valence-corrected chi connectivity index (χ0v) is 13.7. The molecule has 1 aromatic heterocycles. The minimum Gasteiger partial charge on any atom is -0.442 e. The number of rotatable bonds is 3. The molecule has 0 amide bonds. The van der Waals surface area contributed by atoms with Gasteiger partial charge in [0.1, 0.15) is 12.2 Å². The molecule has 0 N–H and O–H groups in total. The molecule has 0 saturated carbocycles. The van der Waals surface area contributed by atoms with Crippen LogP contribution in [0.3, 0.4) is 0 Å². The predicted molar refractivity (Wildman–Crippen MR) is 81.0 cm³/mol. The van der Waals surface area contributed by atoms with Gasteiger partial charge in [0, 0.05) is 5.39 Å². The van der Waals surface area contributed by atoms with E-state index in [0.717, 1.165) is 10.9 Å². The van der Waals surface area contributed by atoms with Crippen molar-refractivity contribution in [1.29, 1.82) is 0 Å². The minimum atomic E-state index is -3.60. The first-order chi connectivity index (χ1) is 10.1. The van der Waals surface area contributed by atoms with Crippen molar-refractivity contribution in [2.75, 3.05) is 6.26 Å². The van der Waals surface area contributed by atoms with Crippen molar-refractivity contribution < 1.29 is 22.1 Å². The van der Waals surface area contributed by atoms with Gasteiger partial charge in [-0.15, -0.1) is 0 Å². The van der Waals surface area contributed by atoms with Gasteiger partial charge in [0.25, 0.3) is 10.1 Å². The lowest BCUT2D eigenvalue weighted by Crippen LogP contribution is -2.27. The van der Waals surface area contributed by atoms with Gasteiger partial charge in [-0.2, -0.15) is 18.2 Å². The number of carbonyl (C=O) groups is 1. The number of aromatic nitrogens is 2. The van der Waals surface area contributed by atoms with Crippen LogP contribution in [0.25, 0.3) is 10.9 Å². The molecule has 0 fully saturated rings. The maximum atomic E-state index is 12.2. The normalized spacial score (nSPS) is 12.5. The third kappa shape index (κ3) is 4.05. The van der Waals surface area contributed by atoms with Gasteiger partial charge in [0.2, 0.25) is 0 Å². The topological polar surface area (TPSA) is 87.5 Å². The summed E-state index contributed by atoms with van der Waals surface area (Å²) in [5.74, 6) is 0. The van der Waals surface area contributed by atoms with Gasteiger partial charge < -0.3 is 4.74 Å². The van der Waals surface area contributed by atoms with E-state index in [0.29, 0.717) is 16.6 Å². The highest BCUT2D eigenvalue weighted by Crippen LogP contribution is 2.21. The largest absolute Gasteiger partial charge is 0.442 e. The summed E-state index contributed by atoms with van der Waals surface area (Å²) < 4.78 is 33.4. The monoisotopic (exact) mass is 326 g/mol. The summed E-state index contributed by atoms with van der Waals surface area (Å²) in [5, 5.41) is 4.77. The molecular weight excluding hydrogens is 308 g/mol. The van der Waals surface area contributed by atoms with Crippen molar-refractivity contribution in [3.05, 3.63) is 30.0 Å². The number of hydrogen-bond donors (Lipinski definition) is 0. The Hall–Kier alpha value is -1.93. The van der Waals surface area contributed by atoms with Crippen LogP contribution >= 0.6 is 0 Å². The Bertz CT molecular complexity index is 802. The summed E-state index contributed by atoms with van der Waals surface area (Å²) in [7, 11) is -3.60. The number of fused-ring (bicyclic) bond motifs is 1. The van der Waals surface area contributed by atoms with E-state index < -0.39 is 21.8 Å². The molecule has 0 radical (unpaired) electrons. The Morgan fingerprint density at radius 3 is 2.50 bits per heavy atom. The fourth-order valence-electron chi connectivity index (χ4n) is 1.84. The summed E-state index contributed by atoms with van der Waals surface area (Å²) in [5.41, 5.74) is 0.226. The first kappa shape index (κ1) is 16.4. The van der Waals surface area contributed by atoms with E-state index in [-0.39, 0.29) is 6.61 Å². The molecule has 0 saturated heterocycles. The molecule has 0 atom stereocenters. The highest BCUT2D eigenvalue weighted by Gasteiger charge is 2.22. The second-order valence-electron chi connectivity index (χ2n) is 5.82. The summed E-state index contributed by atoms with van der Waals surface area (Å²) in [6.45, 7) is 5.02. The Balaban J connectivity index is 2.41. The van der Waals surface area contributed by atoms with Gasteiger partial charge in [-0.05, 0) is 26.8 Å². The van der Waals surface area contributed by atoms with E-state index >= 15 is 0 Å². The fourth-order valence-corrected chi connectivity index (χ4v) is 2.17. The van der Waals surface area contributed by atoms with Crippen LogP contribution < -0.4 is 0 Å². The summed E-state index contributed by atoms with van der Waals surface area (Å²) in [6, 6.07) is 6.97. The summed E-state index contributed by atoms with van der Waals surface area (Å²) >= 11 is 0. The van der Waals surface area contributed by atoms with Gasteiger partial charge in [0.05, 0.1) is 17.5 Å². The third-order valence-corrected chi connectivity index (χ3v) is 3.19. The number of para-hydroxylation sites is 1. The van der Waals surface area contributed by atoms with E-state index in [2.05, 4.69) is 5.10 Å². The van der Waals surface area contributed by atoms with Crippen LogP contribution in [0.1, 0.15) is 26.5 Å². The molecule has 7 nitrogen and oxygen atoms in total. The van der Waals surface area contributed by atoms with Crippen molar-refractivity contribution in [3.8, 4) is 0 Å². The molecule has 2 rings (SSSR count). The molecule has 0 aliphatic heterocycles. The molecule has 1 heterocycles. The molecule has 8 heteroatoms. The molecule has 22 heavy (non-hydrogen) atoms. The zero-order valence-electron chi connectivity index (χ0n) is 12.9. The number of carbonyl (C=O) groups excluding carboxylic acids is 1. The fraction of sp³-hybridized carbons (Fsp3) is 0.429. The molecule has 0 bridgehead atoms. The number of nitrogens with zero attached hydrogens (tertiary/aromatic N) is 2. The smallest absolute Gasteiger partial charge is 0.435 e. The number of benzene rings is 1. The third-order valence-electron chi connectivity index (χ3n) is 2.64. The molecule has 0 aliphatic rings. The van der Waals surface area contributed by atoms with E-state index in [1.165, 1.54) is 0 Å². The SMILES string of the molecule is CC(C)(C)OC(=O)n1nc(COS(C)(=O)=O)c2ccccc21. The molecule has 0 unspecified atom stereocenters. The van der Waals surface area contributed by atoms with Gasteiger partial charge in [0.15, 0.2) is 0 Å². The van der Waals surface area contributed by atoms with Crippen LogP contribution in [0.15, 0.2) is 24.3 Å². The minimum absolute atomic E-state index is 0.241. The van der Waals surface area contributed by atoms with Crippen LogP contribution in [0, 0.1) is 0 Å². The van der Waals surface area contributed by atoms with Crippen molar-refractivity contribution in [2.45, 2.75) is 33.0 Å². The van der Waals surface area contributed by atoms with Gasteiger partial charge in [-0.1, -0.05) is 18.2 Å². The van der Waals surface area contributed by atoms with Gasteiger partial charge in [-0.25, -0.2) is 4.79 Å². The standard InChI is InChI=1S/C14H18N2O5S/c1-14(2,3)21-13(17)16-12-8-6-5-7-10(12)11(15-16)9-20-22(4,18)19/h5-8H,9H2,1-4H3. The van der Waals surface area contributed by atoms with Crippen LogP contribution in [-0.2, 0) is 25.6 Å². The van der Waals surface area contributed by atoms with E-state index in [1.54, 1.807) is 45.0 Å². The number of ether oxygens (including phenoxy) is 1. The second kappa shape index (κ2) is 5.69. The zero-order chi connectivity index (χ0) is 16.5. The lowest BCUT2D eigenvalue weighted by molar-refractivity contribution is 0.0521. The lowest BCUT2D eigenvalue weighted by Gasteiger charge is -2.19. The van der Waals surface area contributed by atoms with Crippen molar-refractivity contribution >= 4 is 27.1 Å². The van der Waals surface area contributed by atoms with E-state index in [4.69, 9.17) is 8.92 Å².